The number of fused-ring (bicyclic) bond motifs is 1. The summed E-state index contributed by atoms with van der Waals surface area (Å²) in [5, 5.41) is 8.61. The summed E-state index contributed by atoms with van der Waals surface area (Å²) >= 11 is 1.87. The van der Waals surface area contributed by atoms with E-state index in [0.717, 1.165) is 12.2 Å². The third kappa shape index (κ3) is 1.61. The molecular weight excluding hydrogens is 178 g/mol. The Morgan fingerprint density at radius 1 is 1.38 bits per heavy atom. The van der Waals surface area contributed by atoms with Crippen LogP contribution in [0.1, 0.15) is 12.0 Å². The minimum absolute atomic E-state index is 1.01. The average molecular weight is 187 g/mol. The molecule has 0 saturated carbocycles. The van der Waals surface area contributed by atoms with Gasteiger partial charge in [0.25, 0.3) is 0 Å². The van der Waals surface area contributed by atoms with Crippen LogP contribution in [0.15, 0.2) is 35.2 Å². The SMILES string of the molecule is N#C/C=C1/CCSc2ccccc21. The van der Waals surface area contributed by atoms with E-state index in [1.165, 1.54) is 16.0 Å². The van der Waals surface area contributed by atoms with Crippen LogP contribution in [0.25, 0.3) is 5.57 Å². The van der Waals surface area contributed by atoms with E-state index in [9.17, 15) is 0 Å². The van der Waals surface area contributed by atoms with Crippen molar-refractivity contribution in [3.05, 3.63) is 35.9 Å². The lowest BCUT2D eigenvalue weighted by atomic mass is 10.0. The van der Waals surface area contributed by atoms with Crippen molar-refractivity contribution in [1.29, 1.82) is 5.26 Å². The van der Waals surface area contributed by atoms with E-state index in [4.69, 9.17) is 5.26 Å². The first-order chi connectivity index (χ1) is 6.42. The Kier molecular flexibility index (Phi) is 2.37. The van der Waals surface area contributed by atoms with E-state index in [1.54, 1.807) is 6.08 Å². The van der Waals surface area contributed by atoms with Crippen LogP contribution in [0, 0.1) is 11.3 Å². The Labute approximate surface area is 82.1 Å². The summed E-state index contributed by atoms with van der Waals surface area (Å²) in [6.07, 6.45) is 2.67. The molecule has 0 aliphatic carbocycles. The van der Waals surface area contributed by atoms with Crippen molar-refractivity contribution in [2.24, 2.45) is 0 Å². The van der Waals surface area contributed by atoms with Crippen LogP contribution in [0.2, 0.25) is 0 Å². The van der Waals surface area contributed by atoms with Gasteiger partial charge in [-0.25, -0.2) is 0 Å². The molecule has 0 bridgehead atoms. The third-order valence-electron chi connectivity index (χ3n) is 2.10. The fourth-order valence-corrected chi connectivity index (χ4v) is 2.56. The zero-order valence-electron chi connectivity index (χ0n) is 7.16. The van der Waals surface area contributed by atoms with Crippen molar-refractivity contribution in [3.8, 4) is 6.07 Å². The molecule has 0 radical (unpaired) electrons. The fourth-order valence-electron chi connectivity index (χ4n) is 1.49. The molecule has 1 aromatic carbocycles. The van der Waals surface area contributed by atoms with Gasteiger partial charge < -0.3 is 0 Å². The van der Waals surface area contributed by atoms with Crippen molar-refractivity contribution >= 4 is 17.3 Å². The average Bonchev–Trinajstić information content (AvgIpc) is 2.19. The maximum atomic E-state index is 8.61. The summed E-state index contributed by atoms with van der Waals surface area (Å²) in [5.74, 6) is 1.09. The molecule has 0 spiro atoms. The van der Waals surface area contributed by atoms with Gasteiger partial charge in [-0.2, -0.15) is 5.26 Å². The van der Waals surface area contributed by atoms with Gasteiger partial charge in [-0.1, -0.05) is 18.2 Å². The second-order valence-electron chi connectivity index (χ2n) is 2.89. The monoisotopic (exact) mass is 187 g/mol. The van der Waals surface area contributed by atoms with Crippen LogP contribution in [-0.4, -0.2) is 5.75 Å². The summed E-state index contributed by atoms with van der Waals surface area (Å²) in [5.41, 5.74) is 2.41. The standard InChI is InChI=1S/C11H9NS/c12-7-5-9-6-8-13-11-4-2-1-3-10(9)11/h1-5H,6,8H2/b9-5-. The van der Waals surface area contributed by atoms with Crippen molar-refractivity contribution in [1.82, 2.24) is 0 Å². The van der Waals surface area contributed by atoms with Crippen LogP contribution in [-0.2, 0) is 0 Å². The van der Waals surface area contributed by atoms with Crippen LogP contribution in [0.4, 0.5) is 0 Å². The highest BCUT2D eigenvalue weighted by Crippen LogP contribution is 2.36. The van der Waals surface area contributed by atoms with E-state index in [-0.39, 0.29) is 0 Å². The number of nitriles is 1. The molecule has 1 aromatic rings. The van der Waals surface area contributed by atoms with Gasteiger partial charge in [0.1, 0.15) is 0 Å². The lowest BCUT2D eigenvalue weighted by molar-refractivity contribution is 1.19. The van der Waals surface area contributed by atoms with Crippen molar-refractivity contribution < 1.29 is 0 Å². The molecule has 0 fully saturated rings. The first-order valence-corrected chi connectivity index (χ1v) is 5.21. The molecule has 0 amide bonds. The highest BCUT2D eigenvalue weighted by atomic mass is 32.2. The van der Waals surface area contributed by atoms with Gasteiger partial charge in [-0.05, 0) is 23.6 Å². The molecule has 13 heavy (non-hydrogen) atoms. The van der Waals surface area contributed by atoms with E-state index < -0.39 is 0 Å². The molecule has 1 nitrogen and oxygen atoms in total. The zero-order valence-corrected chi connectivity index (χ0v) is 7.97. The van der Waals surface area contributed by atoms with Crippen LogP contribution < -0.4 is 0 Å². The highest BCUT2D eigenvalue weighted by Gasteiger charge is 2.12. The Balaban J connectivity index is 2.50. The van der Waals surface area contributed by atoms with Crippen molar-refractivity contribution in [3.63, 3.8) is 0 Å². The topological polar surface area (TPSA) is 23.8 Å². The summed E-state index contributed by atoms with van der Waals surface area (Å²) < 4.78 is 0. The molecule has 64 valence electrons. The lowest BCUT2D eigenvalue weighted by Crippen LogP contribution is -1.96. The minimum Gasteiger partial charge on any atom is -0.193 e. The summed E-state index contributed by atoms with van der Waals surface area (Å²) in [6, 6.07) is 10.4. The van der Waals surface area contributed by atoms with E-state index in [0.29, 0.717) is 0 Å². The molecule has 1 aliphatic rings. The van der Waals surface area contributed by atoms with Gasteiger partial charge in [0.2, 0.25) is 0 Å². The molecule has 1 aliphatic heterocycles. The van der Waals surface area contributed by atoms with Gasteiger partial charge in [-0.3, -0.25) is 0 Å². The number of nitrogens with zero attached hydrogens (tertiary/aromatic N) is 1. The highest BCUT2D eigenvalue weighted by molar-refractivity contribution is 7.99. The molecule has 2 heteroatoms. The molecule has 0 atom stereocenters. The van der Waals surface area contributed by atoms with Crippen LogP contribution >= 0.6 is 11.8 Å². The molecule has 0 unspecified atom stereocenters. The van der Waals surface area contributed by atoms with Gasteiger partial charge >= 0.3 is 0 Å². The quantitative estimate of drug-likeness (QED) is 0.583. The Hall–Kier alpha value is -1.20. The number of allylic oxidation sites excluding steroid dienone is 2. The number of rotatable bonds is 0. The number of hydrogen-bond donors (Lipinski definition) is 0. The largest absolute Gasteiger partial charge is 0.193 e. The molecular formula is C11H9NS. The predicted octanol–water partition coefficient (Wildman–Crippen LogP) is 3.09. The predicted molar refractivity (Wildman–Crippen MR) is 55.4 cm³/mol. The normalized spacial score (nSPS) is 17.9. The molecule has 0 saturated heterocycles. The molecule has 1 heterocycles. The first kappa shape index (κ1) is 8.40. The smallest absolute Gasteiger partial charge is 0.0915 e. The summed E-state index contributed by atoms with van der Waals surface area (Å²) in [6.45, 7) is 0. The van der Waals surface area contributed by atoms with E-state index in [2.05, 4.69) is 18.2 Å². The van der Waals surface area contributed by atoms with Crippen LogP contribution in [0.5, 0.6) is 0 Å². The maximum absolute atomic E-state index is 8.61. The third-order valence-corrected chi connectivity index (χ3v) is 3.18. The second-order valence-corrected chi connectivity index (χ2v) is 4.03. The second kappa shape index (κ2) is 3.68. The Bertz CT molecular complexity index is 387. The zero-order chi connectivity index (χ0) is 9.10. The molecule has 2 rings (SSSR count). The van der Waals surface area contributed by atoms with Gasteiger partial charge in [0.15, 0.2) is 0 Å². The number of hydrogen-bond acceptors (Lipinski definition) is 2. The van der Waals surface area contributed by atoms with Crippen molar-refractivity contribution in [2.75, 3.05) is 5.75 Å². The minimum atomic E-state index is 1.01. The van der Waals surface area contributed by atoms with Crippen molar-refractivity contribution in [2.45, 2.75) is 11.3 Å². The fraction of sp³-hybridized carbons (Fsp3) is 0.182. The number of thioether (sulfide) groups is 1. The molecule has 0 aromatic heterocycles. The summed E-state index contributed by atoms with van der Waals surface area (Å²) in [4.78, 5) is 1.30. The lowest BCUT2D eigenvalue weighted by Gasteiger charge is -2.16. The van der Waals surface area contributed by atoms with Gasteiger partial charge in [0, 0.05) is 16.7 Å². The Morgan fingerprint density at radius 3 is 3.08 bits per heavy atom. The first-order valence-electron chi connectivity index (χ1n) is 4.22. The summed E-state index contributed by atoms with van der Waals surface area (Å²) in [7, 11) is 0. The van der Waals surface area contributed by atoms with Gasteiger partial charge in [0.05, 0.1) is 6.07 Å². The molecule has 0 N–H and O–H groups in total. The van der Waals surface area contributed by atoms with E-state index >= 15 is 0 Å². The van der Waals surface area contributed by atoms with Gasteiger partial charge in [-0.15, -0.1) is 11.8 Å². The number of benzene rings is 1. The maximum Gasteiger partial charge on any atom is 0.0915 e. The van der Waals surface area contributed by atoms with Crippen LogP contribution in [0.3, 0.4) is 0 Å². The van der Waals surface area contributed by atoms with E-state index in [1.807, 2.05) is 23.9 Å². The Morgan fingerprint density at radius 2 is 2.23 bits per heavy atom.